The van der Waals surface area contributed by atoms with Crippen molar-refractivity contribution in [3.63, 3.8) is 0 Å². The number of nitrogens with zero attached hydrogens (tertiary/aromatic N) is 7. The molecule has 0 aromatic carbocycles. The van der Waals surface area contributed by atoms with E-state index in [9.17, 15) is 14.7 Å². The first kappa shape index (κ1) is 25.3. The summed E-state index contributed by atoms with van der Waals surface area (Å²) in [6.45, 7) is 13.4. The molecule has 4 rings (SSSR count). The second kappa shape index (κ2) is 9.32. The summed E-state index contributed by atoms with van der Waals surface area (Å²) < 4.78 is 1.77. The molecule has 36 heavy (non-hydrogen) atoms. The Bertz CT molecular complexity index is 1250. The Hall–Kier alpha value is -3.83. The third-order valence-electron chi connectivity index (χ3n) is 6.24. The van der Waals surface area contributed by atoms with Crippen molar-refractivity contribution in [2.45, 2.75) is 47.1 Å². The monoisotopic (exact) mass is 497 g/mol. The van der Waals surface area contributed by atoms with E-state index in [4.69, 9.17) is 4.98 Å². The molecule has 3 N–H and O–H groups in total. The van der Waals surface area contributed by atoms with Crippen molar-refractivity contribution in [1.82, 2.24) is 34.6 Å². The lowest BCUT2D eigenvalue weighted by Gasteiger charge is -2.43. The first-order chi connectivity index (χ1) is 16.8. The average molecular weight is 498 g/mol. The summed E-state index contributed by atoms with van der Waals surface area (Å²) in [6.07, 6.45) is 0.766. The third-order valence-corrected chi connectivity index (χ3v) is 6.24. The van der Waals surface area contributed by atoms with Crippen molar-refractivity contribution in [3.05, 3.63) is 30.1 Å². The van der Waals surface area contributed by atoms with Gasteiger partial charge in [0.05, 0.1) is 0 Å². The normalized spacial score (nSPS) is 14.8. The molecule has 194 valence electrons. The highest BCUT2D eigenvalue weighted by atomic mass is 16.4. The van der Waals surface area contributed by atoms with Gasteiger partial charge in [-0.1, -0.05) is 20.8 Å². The van der Waals surface area contributed by atoms with Crippen LogP contribution in [-0.2, 0) is 4.79 Å². The fourth-order valence-corrected chi connectivity index (χ4v) is 4.34. The van der Waals surface area contributed by atoms with E-state index < -0.39 is 11.6 Å². The van der Waals surface area contributed by atoms with Crippen LogP contribution in [0.4, 0.5) is 22.4 Å². The van der Waals surface area contributed by atoms with Crippen molar-refractivity contribution in [1.29, 1.82) is 0 Å². The molecule has 0 radical (unpaired) electrons. The molecule has 12 nitrogen and oxygen atoms in total. The van der Waals surface area contributed by atoms with Crippen LogP contribution in [0.5, 0.6) is 0 Å². The number of aromatic amines is 1. The highest BCUT2D eigenvalue weighted by molar-refractivity contribution is 5.89. The van der Waals surface area contributed by atoms with E-state index in [-0.39, 0.29) is 17.9 Å². The van der Waals surface area contributed by atoms with Gasteiger partial charge in [-0.3, -0.25) is 14.8 Å². The van der Waals surface area contributed by atoms with Crippen LogP contribution >= 0.6 is 0 Å². The topological polar surface area (TPSA) is 135 Å². The van der Waals surface area contributed by atoms with Crippen LogP contribution in [-0.4, -0.2) is 90.0 Å². The summed E-state index contributed by atoms with van der Waals surface area (Å²) >= 11 is 0. The first-order valence-corrected chi connectivity index (χ1v) is 12.0. The second-order valence-corrected chi connectivity index (χ2v) is 10.9. The molecule has 0 spiro atoms. The number of hydrogen-bond donors (Lipinski definition) is 3. The van der Waals surface area contributed by atoms with Gasteiger partial charge in [0.1, 0.15) is 11.1 Å². The van der Waals surface area contributed by atoms with E-state index in [0.717, 1.165) is 11.2 Å². The van der Waals surface area contributed by atoms with Crippen LogP contribution in [0.1, 0.15) is 40.3 Å². The van der Waals surface area contributed by atoms with Gasteiger partial charge in [-0.05, 0) is 38.3 Å². The zero-order valence-corrected chi connectivity index (χ0v) is 21.7. The van der Waals surface area contributed by atoms with E-state index >= 15 is 0 Å². The number of rotatable bonds is 6. The number of carbonyl (C=O) groups is 2. The molecular weight excluding hydrogens is 462 g/mol. The highest BCUT2D eigenvalue weighted by Gasteiger charge is 2.42. The maximum absolute atomic E-state index is 13.4. The highest BCUT2D eigenvalue weighted by Crippen LogP contribution is 2.26. The van der Waals surface area contributed by atoms with Gasteiger partial charge in [0.15, 0.2) is 11.6 Å². The number of anilines is 3. The summed E-state index contributed by atoms with van der Waals surface area (Å²) in [5, 5.41) is 24.9. The minimum atomic E-state index is -1.18. The molecule has 1 saturated heterocycles. The third kappa shape index (κ3) is 5.21. The number of piperazine rings is 1. The molecule has 1 aliphatic rings. The molecule has 2 amide bonds. The van der Waals surface area contributed by atoms with Crippen molar-refractivity contribution in [2.24, 2.45) is 5.41 Å². The minimum absolute atomic E-state index is 0.202. The van der Waals surface area contributed by atoms with Gasteiger partial charge >= 0.3 is 6.09 Å². The SMILES string of the molecule is Cc1cc(Nc2nc(N3CCN(C(=O)C(C)(C)N(CC(C)(C)C)C(=O)O)CC3)nn3cccc23)n[nH]1. The molecular formula is C24H35N9O3. The lowest BCUT2D eigenvalue weighted by Crippen LogP contribution is -2.62. The number of carbonyl (C=O) groups excluding carboxylic acids is 1. The van der Waals surface area contributed by atoms with Gasteiger partial charge < -0.3 is 20.2 Å². The summed E-state index contributed by atoms with van der Waals surface area (Å²) in [5.41, 5.74) is 0.304. The number of fused-ring (bicyclic) bond motifs is 1. The molecule has 0 atom stereocenters. The molecule has 3 aromatic heterocycles. The van der Waals surface area contributed by atoms with E-state index in [1.165, 1.54) is 4.90 Å². The average Bonchev–Trinajstić information content (AvgIpc) is 3.45. The van der Waals surface area contributed by atoms with Crippen LogP contribution in [0.25, 0.3) is 5.52 Å². The quantitative estimate of drug-likeness (QED) is 0.473. The lowest BCUT2D eigenvalue weighted by molar-refractivity contribution is -0.142. The molecule has 12 heteroatoms. The largest absolute Gasteiger partial charge is 0.465 e. The van der Waals surface area contributed by atoms with Crippen molar-refractivity contribution >= 4 is 35.1 Å². The Kier molecular flexibility index (Phi) is 6.54. The Morgan fingerprint density at radius 3 is 2.44 bits per heavy atom. The fourth-order valence-electron chi connectivity index (χ4n) is 4.34. The maximum atomic E-state index is 13.4. The number of aryl methyl sites for hydroxylation is 1. The van der Waals surface area contributed by atoms with Crippen LogP contribution < -0.4 is 10.2 Å². The Morgan fingerprint density at radius 1 is 1.17 bits per heavy atom. The number of hydrogen-bond acceptors (Lipinski definition) is 7. The van der Waals surface area contributed by atoms with E-state index in [1.807, 2.05) is 57.0 Å². The van der Waals surface area contributed by atoms with Crippen LogP contribution in [0, 0.1) is 12.3 Å². The molecule has 0 bridgehead atoms. The van der Waals surface area contributed by atoms with Gasteiger partial charge in [0, 0.05) is 50.7 Å². The van der Waals surface area contributed by atoms with Gasteiger partial charge in [-0.25, -0.2) is 9.31 Å². The van der Waals surface area contributed by atoms with Crippen LogP contribution in [0.3, 0.4) is 0 Å². The Balaban J connectivity index is 1.49. The Morgan fingerprint density at radius 2 is 1.86 bits per heavy atom. The minimum Gasteiger partial charge on any atom is -0.465 e. The fraction of sp³-hybridized carbons (Fsp3) is 0.542. The predicted molar refractivity (Wildman–Crippen MR) is 137 cm³/mol. The summed E-state index contributed by atoms with van der Waals surface area (Å²) in [7, 11) is 0. The van der Waals surface area contributed by atoms with E-state index in [2.05, 4.69) is 20.6 Å². The predicted octanol–water partition coefficient (Wildman–Crippen LogP) is 2.96. The molecule has 4 heterocycles. The van der Waals surface area contributed by atoms with Gasteiger partial charge in [-0.15, -0.1) is 5.10 Å². The molecule has 3 aromatic rings. The number of nitrogens with one attached hydrogen (secondary N) is 2. The molecule has 0 saturated carbocycles. The van der Waals surface area contributed by atoms with Gasteiger partial charge in [-0.2, -0.15) is 10.1 Å². The number of aromatic nitrogens is 5. The second-order valence-electron chi connectivity index (χ2n) is 10.9. The van der Waals surface area contributed by atoms with Crippen molar-refractivity contribution in [2.75, 3.05) is 42.9 Å². The van der Waals surface area contributed by atoms with Crippen molar-refractivity contribution < 1.29 is 14.7 Å². The summed E-state index contributed by atoms with van der Waals surface area (Å²) in [4.78, 5) is 35.2. The zero-order chi connectivity index (χ0) is 26.3. The van der Waals surface area contributed by atoms with Crippen LogP contribution in [0.2, 0.25) is 0 Å². The first-order valence-electron chi connectivity index (χ1n) is 12.0. The van der Waals surface area contributed by atoms with Gasteiger partial charge in [0.25, 0.3) is 0 Å². The number of H-pyrrole nitrogens is 1. The van der Waals surface area contributed by atoms with Crippen molar-refractivity contribution in [3.8, 4) is 0 Å². The Labute approximate surface area is 210 Å². The van der Waals surface area contributed by atoms with Gasteiger partial charge in [0.2, 0.25) is 11.9 Å². The summed E-state index contributed by atoms with van der Waals surface area (Å²) in [6, 6.07) is 5.72. The summed E-state index contributed by atoms with van der Waals surface area (Å²) in [5.74, 6) is 1.64. The van der Waals surface area contributed by atoms with Crippen LogP contribution in [0.15, 0.2) is 24.4 Å². The molecule has 1 aliphatic heterocycles. The maximum Gasteiger partial charge on any atom is 0.408 e. The molecule has 1 fully saturated rings. The molecule has 0 unspecified atom stereocenters. The standard InChI is InChI=1S/C24H35N9O3/c1-16-14-18(28-27-16)25-19-17-8-7-9-33(17)29-21(26-19)31-12-10-30(11-13-31)20(34)24(5,6)32(22(35)36)15-23(2,3)4/h7-9,14H,10-13,15H2,1-6H3,(H,35,36)(H2,25,26,27,28,29). The molecule has 0 aliphatic carbocycles. The van der Waals surface area contributed by atoms with E-state index in [1.54, 1.807) is 23.3 Å². The number of amides is 2. The number of carboxylic acid groups (broad SMARTS) is 1. The smallest absolute Gasteiger partial charge is 0.408 e. The lowest BCUT2D eigenvalue weighted by atomic mass is 9.92. The zero-order valence-electron chi connectivity index (χ0n) is 21.7. The van der Waals surface area contributed by atoms with E-state index in [0.29, 0.717) is 43.8 Å².